The second-order valence-corrected chi connectivity index (χ2v) is 5.60. The fourth-order valence-electron chi connectivity index (χ4n) is 1.94. The van der Waals surface area contributed by atoms with Gasteiger partial charge in [0.05, 0.1) is 10.7 Å². The van der Waals surface area contributed by atoms with Crippen LogP contribution in [0.4, 0.5) is 17.3 Å². The lowest BCUT2D eigenvalue weighted by molar-refractivity contribution is 0.774. The first kappa shape index (κ1) is 15.6. The Morgan fingerprint density at radius 1 is 1.14 bits per heavy atom. The third-order valence-electron chi connectivity index (χ3n) is 3.15. The van der Waals surface area contributed by atoms with Gasteiger partial charge < -0.3 is 10.6 Å². The molecule has 0 atom stereocenters. The van der Waals surface area contributed by atoms with E-state index in [1.165, 1.54) is 0 Å². The lowest BCUT2D eigenvalue weighted by Gasteiger charge is -2.16. The van der Waals surface area contributed by atoms with Gasteiger partial charge in [0.1, 0.15) is 17.5 Å². The highest BCUT2D eigenvalue weighted by Gasteiger charge is 2.13. The molecule has 0 amide bonds. The monoisotopic (exact) mass is 304 g/mol. The van der Waals surface area contributed by atoms with Gasteiger partial charge in [0.15, 0.2) is 0 Å². The minimum atomic E-state index is 0.259. The van der Waals surface area contributed by atoms with Crippen LogP contribution < -0.4 is 10.6 Å². The summed E-state index contributed by atoms with van der Waals surface area (Å²) in [6.07, 6.45) is 0. The fourth-order valence-corrected chi connectivity index (χ4v) is 2.13. The van der Waals surface area contributed by atoms with Crippen molar-refractivity contribution >= 4 is 28.9 Å². The summed E-state index contributed by atoms with van der Waals surface area (Å²) >= 11 is 6.21. The largest absolute Gasteiger partial charge is 0.370 e. The van der Waals surface area contributed by atoms with Crippen LogP contribution in [0.5, 0.6) is 0 Å². The zero-order valence-corrected chi connectivity index (χ0v) is 13.6. The molecule has 0 saturated carbocycles. The van der Waals surface area contributed by atoms with Gasteiger partial charge in [-0.1, -0.05) is 37.6 Å². The van der Waals surface area contributed by atoms with Crippen LogP contribution in [-0.2, 0) is 0 Å². The highest BCUT2D eigenvalue weighted by Crippen LogP contribution is 2.29. The van der Waals surface area contributed by atoms with Crippen LogP contribution in [0.2, 0.25) is 5.02 Å². The molecule has 0 unspecified atom stereocenters. The van der Waals surface area contributed by atoms with Crippen LogP contribution in [0, 0.1) is 6.92 Å². The molecule has 1 aromatic carbocycles. The van der Waals surface area contributed by atoms with E-state index in [1.54, 1.807) is 0 Å². The first-order chi connectivity index (χ1) is 10.0. The number of benzene rings is 1. The van der Waals surface area contributed by atoms with Crippen molar-refractivity contribution in [1.82, 2.24) is 9.97 Å². The van der Waals surface area contributed by atoms with Crippen molar-refractivity contribution in [3.63, 3.8) is 0 Å². The molecule has 0 aliphatic heterocycles. The predicted molar refractivity (Wildman–Crippen MR) is 89.8 cm³/mol. The fraction of sp³-hybridized carbons (Fsp3) is 0.375. The van der Waals surface area contributed by atoms with Gasteiger partial charge in [-0.3, -0.25) is 0 Å². The highest BCUT2D eigenvalue weighted by molar-refractivity contribution is 6.33. The third kappa shape index (κ3) is 3.64. The second kappa shape index (κ2) is 6.76. The normalized spacial score (nSPS) is 10.8. The molecule has 21 heavy (non-hydrogen) atoms. The van der Waals surface area contributed by atoms with Crippen molar-refractivity contribution in [2.75, 3.05) is 17.2 Å². The van der Waals surface area contributed by atoms with Crippen molar-refractivity contribution in [3.8, 4) is 0 Å². The predicted octanol–water partition coefficient (Wildman–Crippen LogP) is 4.74. The molecule has 112 valence electrons. The number of para-hydroxylation sites is 1. The van der Waals surface area contributed by atoms with E-state index >= 15 is 0 Å². The smallest absolute Gasteiger partial charge is 0.139 e. The summed E-state index contributed by atoms with van der Waals surface area (Å²) in [6, 6.07) is 7.64. The van der Waals surface area contributed by atoms with Crippen LogP contribution in [0.3, 0.4) is 0 Å². The quantitative estimate of drug-likeness (QED) is 0.838. The summed E-state index contributed by atoms with van der Waals surface area (Å²) in [6.45, 7) is 9.04. The van der Waals surface area contributed by atoms with Gasteiger partial charge in [-0.15, -0.1) is 0 Å². The van der Waals surface area contributed by atoms with Gasteiger partial charge >= 0.3 is 0 Å². The zero-order valence-electron chi connectivity index (χ0n) is 12.9. The van der Waals surface area contributed by atoms with Crippen LogP contribution in [0.1, 0.15) is 38.1 Å². The standard InChI is InChI=1S/C16H21ClN4/c1-5-18-15-11(4)16(21-14(20-15)10(2)3)19-13-9-7-6-8-12(13)17/h6-10H,5H2,1-4H3,(H2,18,19,20,21). The maximum atomic E-state index is 6.21. The Balaban J connectivity index is 2.44. The number of hydrogen-bond acceptors (Lipinski definition) is 4. The molecule has 0 fully saturated rings. The van der Waals surface area contributed by atoms with Crippen molar-refractivity contribution in [3.05, 3.63) is 40.7 Å². The minimum absolute atomic E-state index is 0.259. The molecule has 0 bridgehead atoms. The van der Waals surface area contributed by atoms with E-state index in [0.717, 1.165) is 35.3 Å². The Kier molecular flexibility index (Phi) is 5.02. The SMILES string of the molecule is CCNc1nc(C(C)C)nc(Nc2ccccc2Cl)c1C. The van der Waals surface area contributed by atoms with Crippen molar-refractivity contribution < 1.29 is 0 Å². The highest BCUT2D eigenvalue weighted by atomic mass is 35.5. The van der Waals surface area contributed by atoms with Crippen molar-refractivity contribution in [2.24, 2.45) is 0 Å². The molecule has 2 rings (SSSR count). The number of halogens is 1. The molecule has 0 spiro atoms. The van der Waals surface area contributed by atoms with Crippen LogP contribution in [0.15, 0.2) is 24.3 Å². The van der Waals surface area contributed by atoms with Crippen LogP contribution in [0.25, 0.3) is 0 Å². The first-order valence-corrected chi connectivity index (χ1v) is 7.54. The molecular weight excluding hydrogens is 284 g/mol. The summed E-state index contributed by atoms with van der Waals surface area (Å²) in [4.78, 5) is 9.22. The van der Waals surface area contributed by atoms with Gasteiger partial charge in [0, 0.05) is 18.0 Å². The maximum absolute atomic E-state index is 6.21. The third-order valence-corrected chi connectivity index (χ3v) is 3.48. The van der Waals surface area contributed by atoms with E-state index in [2.05, 4.69) is 41.4 Å². The Hall–Kier alpha value is -1.81. The van der Waals surface area contributed by atoms with E-state index in [4.69, 9.17) is 11.6 Å². The first-order valence-electron chi connectivity index (χ1n) is 7.16. The Bertz CT molecular complexity index is 626. The second-order valence-electron chi connectivity index (χ2n) is 5.19. The Morgan fingerprint density at radius 2 is 1.81 bits per heavy atom. The summed E-state index contributed by atoms with van der Waals surface area (Å²) in [5.41, 5.74) is 1.83. The molecule has 2 N–H and O–H groups in total. The van der Waals surface area contributed by atoms with E-state index in [1.807, 2.05) is 31.2 Å². The molecule has 1 heterocycles. The lowest BCUT2D eigenvalue weighted by Crippen LogP contribution is -2.10. The average Bonchev–Trinajstić information content (AvgIpc) is 2.45. The number of nitrogens with one attached hydrogen (secondary N) is 2. The average molecular weight is 305 g/mol. The molecule has 0 aliphatic rings. The number of aromatic nitrogens is 2. The summed E-state index contributed by atoms with van der Waals surface area (Å²) < 4.78 is 0. The molecule has 2 aromatic rings. The van der Waals surface area contributed by atoms with E-state index in [-0.39, 0.29) is 5.92 Å². The molecule has 0 saturated heterocycles. The molecule has 4 nitrogen and oxygen atoms in total. The van der Waals surface area contributed by atoms with Crippen LogP contribution >= 0.6 is 11.6 Å². The summed E-state index contributed by atoms with van der Waals surface area (Å²) in [5.74, 6) is 2.73. The molecule has 5 heteroatoms. The summed E-state index contributed by atoms with van der Waals surface area (Å²) in [7, 11) is 0. The van der Waals surface area contributed by atoms with Gasteiger partial charge in [-0.05, 0) is 26.0 Å². The van der Waals surface area contributed by atoms with Gasteiger partial charge in [-0.2, -0.15) is 0 Å². The lowest BCUT2D eigenvalue weighted by atomic mass is 10.2. The maximum Gasteiger partial charge on any atom is 0.139 e. The topological polar surface area (TPSA) is 49.8 Å². The van der Waals surface area contributed by atoms with Gasteiger partial charge in [-0.25, -0.2) is 9.97 Å². The minimum Gasteiger partial charge on any atom is -0.370 e. The molecule has 0 aliphatic carbocycles. The Morgan fingerprint density at radius 3 is 2.43 bits per heavy atom. The Labute approximate surface area is 131 Å². The van der Waals surface area contributed by atoms with E-state index < -0.39 is 0 Å². The van der Waals surface area contributed by atoms with Crippen molar-refractivity contribution in [1.29, 1.82) is 0 Å². The van der Waals surface area contributed by atoms with Gasteiger partial charge in [0.2, 0.25) is 0 Å². The number of rotatable bonds is 5. The van der Waals surface area contributed by atoms with E-state index in [0.29, 0.717) is 5.02 Å². The number of nitrogens with zero attached hydrogens (tertiary/aromatic N) is 2. The summed E-state index contributed by atoms with van der Waals surface area (Å²) in [5, 5.41) is 7.27. The zero-order chi connectivity index (χ0) is 15.4. The van der Waals surface area contributed by atoms with Crippen LogP contribution in [-0.4, -0.2) is 16.5 Å². The number of hydrogen-bond donors (Lipinski definition) is 2. The number of anilines is 3. The molecule has 1 aromatic heterocycles. The van der Waals surface area contributed by atoms with Crippen molar-refractivity contribution in [2.45, 2.75) is 33.6 Å². The molecular formula is C16H21ClN4. The van der Waals surface area contributed by atoms with E-state index in [9.17, 15) is 0 Å². The van der Waals surface area contributed by atoms with Gasteiger partial charge in [0.25, 0.3) is 0 Å². The molecule has 0 radical (unpaired) electrons.